The summed E-state index contributed by atoms with van der Waals surface area (Å²) in [5.41, 5.74) is 0.737. The molecule has 0 radical (unpaired) electrons. The van der Waals surface area contributed by atoms with E-state index in [1.165, 1.54) is 0 Å². The Balaban J connectivity index is 1.96. The molecule has 1 aliphatic heterocycles. The van der Waals surface area contributed by atoms with Gasteiger partial charge in [-0.3, -0.25) is 4.79 Å². The number of piperidine rings is 1. The van der Waals surface area contributed by atoms with Crippen molar-refractivity contribution in [1.29, 1.82) is 0 Å². The number of anilines is 1. The van der Waals surface area contributed by atoms with Crippen LogP contribution in [0.2, 0.25) is 0 Å². The van der Waals surface area contributed by atoms with Crippen molar-refractivity contribution in [2.45, 2.75) is 20.3 Å². The van der Waals surface area contributed by atoms with Gasteiger partial charge in [0.2, 0.25) is 0 Å². The highest BCUT2D eigenvalue weighted by Gasteiger charge is 2.31. The second kappa shape index (κ2) is 5.75. The van der Waals surface area contributed by atoms with Crippen molar-refractivity contribution in [3.05, 3.63) is 24.2 Å². The number of carboxylic acid groups (broad SMARTS) is 1. The van der Waals surface area contributed by atoms with Crippen molar-refractivity contribution in [1.82, 2.24) is 15.1 Å². The normalized spacial score (nSPS) is 21.8. The lowest BCUT2D eigenvalue weighted by molar-refractivity contribution is -0.142. The minimum Gasteiger partial charge on any atom is -0.481 e. The fourth-order valence-corrected chi connectivity index (χ4v) is 2.93. The lowest BCUT2D eigenvalue weighted by Gasteiger charge is -2.36. The smallest absolute Gasteiger partial charge is 0.308 e. The zero-order valence-electron chi connectivity index (χ0n) is 12.6. The van der Waals surface area contributed by atoms with E-state index in [-0.39, 0.29) is 11.8 Å². The van der Waals surface area contributed by atoms with Crippen LogP contribution in [0.15, 0.2) is 22.9 Å². The molecule has 0 aliphatic carbocycles. The molecular weight excluding hydrogens is 284 g/mol. The minimum atomic E-state index is -0.761. The fourth-order valence-electron chi connectivity index (χ4n) is 2.93. The van der Waals surface area contributed by atoms with Gasteiger partial charge in [-0.15, -0.1) is 0 Å². The molecule has 22 heavy (non-hydrogen) atoms. The van der Waals surface area contributed by atoms with Gasteiger partial charge >= 0.3 is 5.97 Å². The average molecular weight is 302 g/mol. The first-order valence-corrected chi connectivity index (χ1v) is 7.28. The molecule has 1 saturated heterocycles. The third-order valence-corrected chi connectivity index (χ3v) is 3.85. The molecule has 7 nitrogen and oxygen atoms in total. The van der Waals surface area contributed by atoms with Gasteiger partial charge in [-0.1, -0.05) is 12.1 Å². The topological polar surface area (TPSA) is 92.4 Å². The van der Waals surface area contributed by atoms with Gasteiger partial charge in [-0.05, 0) is 31.4 Å². The van der Waals surface area contributed by atoms with Gasteiger partial charge in [-0.25, -0.2) is 4.98 Å². The van der Waals surface area contributed by atoms with Crippen molar-refractivity contribution in [2.24, 2.45) is 11.8 Å². The molecule has 0 aromatic carbocycles. The molecule has 2 aromatic rings. The average Bonchev–Trinajstić information content (AvgIpc) is 2.93. The standard InChI is InChI=1S/C15H18N4O3/c1-9-6-11(15(20)21)8-19(7-9)13-12(4-3-5-16-13)14-17-10(2)18-22-14/h3-5,9,11H,6-8H2,1-2H3,(H,20,21). The van der Waals surface area contributed by atoms with Crippen molar-refractivity contribution in [2.75, 3.05) is 18.0 Å². The molecule has 0 spiro atoms. The number of aromatic nitrogens is 3. The maximum absolute atomic E-state index is 11.3. The first-order valence-electron chi connectivity index (χ1n) is 7.28. The van der Waals surface area contributed by atoms with Crippen molar-refractivity contribution in [3.8, 4) is 11.5 Å². The monoisotopic (exact) mass is 302 g/mol. The van der Waals surface area contributed by atoms with Crippen LogP contribution >= 0.6 is 0 Å². The largest absolute Gasteiger partial charge is 0.481 e. The molecule has 3 rings (SSSR count). The Hall–Kier alpha value is -2.44. The predicted octanol–water partition coefficient (Wildman–Crippen LogP) is 1.99. The van der Waals surface area contributed by atoms with E-state index in [2.05, 4.69) is 22.0 Å². The van der Waals surface area contributed by atoms with Gasteiger partial charge in [0.25, 0.3) is 5.89 Å². The van der Waals surface area contributed by atoms with E-state index < -0.39 is 5.97 Å². The van der Waals surface area contributed by atoms with E-state index in [4.69, 9.17) is 4.52 Å². The maximum Gasteiger partial charge on any atom is 0.308 e. The van der Waals surface area contributed by atoms with E-state index in [1.807, 2.05) is 11.0 Å². The molecule has 116 valence electrons. The summed E-state index contributed by atoms with van der Waals surface area (Å²) in [5, 5.41) is 13.1. The molecule has 2 unspecified atom stereocenters. The second-order valence-electron chi connectivity index (χ2n) is 5.80. The van der Waals surface area contributed by atoms with E-state index in [1.54, 1.807) is 19.2 Å². The highest BCUT2D eigenvalue weighted by atomic mass is 16.5. The van der Waals surface area contributed by atoms with E-state index in [0.717, 1.165) is 12.1 Å². The third-order valence-electron chi connectivity index (χ3n) is 3.85. The van der Waals surface area contributed by atoms with Gasteiger partial charge in [0.15, 0.2) is 5.82 Å². The van der Waals surface area contributed by atoms with Crippen LogP contribution < -0.4 is 4.90 Å². The van der Waals surface area contributed by atoms with Crippen LogP contribution in [0.4, 0.5) is 5.82 Å². The summed E-state index contributed by atoms with van der Waals surface area (Å²) in [6, 6.07) is 3.67. The molecule has 1 N–H and O–H groups in total. The first kappa shape index (κ1) is 14.5. The highest BCUT2D eigenvalue weighted by molar-refractivity contribution is 5.74. The molecule has 1 fully saturated rings. The van der Waals surface area contributed by atoms with Crippen molar-refractivity contribution < 1.29 is 14.4 Å². The lowest BCUT2D eigenvalue weighted by atomic mass is 9.90. The summed E-state index contributed by atoms with van der Waals surface area (Å²) < 4.78 is 5.24. The molecule has 2 atom stereocenters. The first-order chi connectivity index (χ1) is 10.5. The number of hydrogen-bond donors (Lipinski definition) is 1. The number of aryl methyl sites for hydroxylation is 1. The summed E-state index contributed by atoms with van der Waals surface area (Å²) in [6.45, 7) is 5.02. The Labute approximate surface area is 128 Å². The summed E-state index contributed by atoms with van der Waals surface area (Å²) in [6.07, 6.45) is 2.38. The van der Waals surface area contributed by atoms with E-state index >= 15 is 0 Å². The van der Waals surface area contributed by atoms with E-state index in [0.29, 0.717) is 30.5 Å². The SMILES string of the molecule is Cc1noc(-c2cccnc2N2CC(C)CC(C(=O)O)C2)n1. The second-order valence-corrected chi connectivity index (χ2v) is 5.80. The molecule has 7 heteroatoms. The predicted molar refractivity (Wildman–Crippen MR) is 79.4 cm³/mol. The maximum atomic E-state index is 11.3. The number of carboxylic acids is 1. The minimum absolute atomic E-state index is 0.286. The number of hydrogen-bond acceptors (Lipinski definition) is 6. The van der Waals surface area contributed by atoms with Gasteiger partial charge < -0.3 is 14.5 Å². The number of aliphatic carboxylic acids is 1. The Bertz CT molecular complexity index is 685. The molecule has 2 aromatic heterocycles. The molecule has 1 aliphatic rings. The fraction of sp³-hybridized carbons (Fsp3) is 0.467. The Morgan fingerprint density at radius 1 is 1.45 bits per heavy atom. The van der Waals surface area contributed by atoms with Gasteiger partial charge in [0.1, 0.15) is 5.82 Å². The summed E-state index contributed by atoms with van der Waals surface area (Å²) in [7, 11) is 0. The van der Waals surface area contributed by atoms with Crippen LogP contribution in [0, 0.1) is 18.8 Å². The lowest BCUT2D eigenvalue weighted by Crippen LogP contribution is -2.43. The summed E-state index contributed by atoms with van der Waals surface area (Å²) in [5.74, 6) is 0.801. The summed E-state index contributed by atoms with van der Waals surface area (Å²) in [4.78, 5) is 22.0. The molecule has 0 amide bonds. The molecule has 3 heterocycles. The number of pyridine rings is 1. The van der Waals surface area contributed by atoms with Crippen LogP contribution in [0.3, 0.4) is 0 Å². The van der Waals surface area contributed by atoms with Crippen molar-refractivity contribution >= 4 is 11.8 Å². The van der Waals surface area contributed by atoms with Crippen LogP contribution in [0.25, 0.3) is 11.5 Å². The van der Waals surface area contributed by atoms with Crippen LogP contribution in [0.1, 0.15) is 19.2 Å². The zero-order valence-corrected chi connectivity index (χ0v) is 12.6. The van der Waals surface area contributed by atoms with Gasteiger partial charge in [0.05, 0.1) is 11.5 Å². The highest BCUT2D eigenvalue weighted by Crippen LogP contribution is 2.32. The quantitative estimate of drug-likeness (QED) is 0.926. The summed E-state index contributed by atoms with van der Waals surface area (Å²) >= 11 is 0. The Morgan fingerprint density at radius 3 is 2.95 bits per heavy atom. The molecule has 0 saturated carbocycles. The molecule has 0 bridgehead atoms. The zero-order chi connectivity index (χ0) is 15.7. The Kier molecular flexibility index (Phi) is 3.79. The van der Waals surface area contributed by atoms with Gasteiger partial charge in [-0.2, -0.15) is 4.98 Å². The number of nitrogens with zero attached hydrogens (tertiary/aromatic N) is 4. The van der Waals surface area contributed by atoms with Crippen LogP contribution in [-0.4, -0.2) is 39.3 Å². The number of rotatable bonds is 3. The molecular formula is C15H18N4O3. The van der Waals surface area contributed by atoms with Crippen molar-refractivity contribution in [3.63, 3.8) is 0 Å². The third kappa shape index (κ3) is 2.79. The van der Waals surface area contributed by atoms with E-state index in [9.17, 15) is 9.90 Å². The van der Waals surface area contributed by atoms with Crippen LogP contribution in [0.5, 0.6) is 0 Å². The van der Waals surface area contributed by atoms with Crippen LogP contribution in [-0.2, 0) is 4.79 Å². The number of carbonyl (C=O) groups is 1. The Morgan fingerprint density at radius 2 is 2.27 bits per heavy atom. The van der Waals surface area contributed by atoms with Gasteiger partial charge in [0, 0.05) is 19.3 Å².